The van der Waals surface area contributed by atoms with Crippen LogP contribution in [-0.4, -0.2) is 34.6 Å². The third kappa shape index (κ3) is 2.28. The maximum atomic E-state index is 4.93. The standard InChI is InChI=1S/C19H15BrN4S/c1-10-9-14(12-3-5-13(20)6-4-12)15-16-17(25-19(15)22-10)18-21-7-8-24(18)11(2)23-16/h3-6,9H,7-8H2,1-2H3. The van der Waals surface area contributed by atoms with Gasteiger partial charge in [-0.2, -0.15) is 0 Å². The molecule has 1 aromatic carbocycles. The average Bonchev–Trinajstić information content (AvgIpc) is 3.20. The Hall–Kier alpha value is -2.05. The van der Waals surface area contributed by atoms with Gasteiger partial charge in [-0.25, -0.2) is 9.98 Å². The van der Waals surface area contributed by atoms with Crippen molar-refractivity contribution in [3.05, 3.63) is 45.4 Å². The first-order valence-electron chi connectivity index (χ1n) is 8.19. The number of benzene rings is 1. The van der Waals surface area contributed by atoms with Crippen LogP contribution in [0.15, 0.2) is 44.8 Å². The minimum atomic E-state index is 0.835. The Labute approximate surface area is 158 Å². The quantitative estimate of drug-likeness (QED) is 0.555. The lowest BCUT2D eigenvalue weighted by Crippen LogP contribution is -2.34. The Morgan fingerprint density at radius 3 is 2.76 bits per heavy atom. The third-order valence-electron chi connectivity index (χ3n) is 4.63. The largest absolute Gasteiger partial charge is 0.312 e. The number of aliphatic imine (C=N–C) groups is 2. The molecule has 0 saturated heterocycles. The summed E-state index contributed by atoms with van der Waals surface area (Å²) >= 11 is 5.22. The van der Waals surface area contributed by atoms with Crippen molar-refractivity contribution in [3.8, 4) is 11.1 Å². The van der Waals surface area contributed by atoms with Crippen LogP contribution in [0, 0.1) is 6.92 Å². The van der Waals surface area contributed by atoms with E-state index in [-0.39, 0.29) is 0 Å². The van der Waals surface area contributed by atoms with Crippen molar-refractivity contribution >= 4 is 54.8 Å². The molecule has 0 fully saturated rings. The molecule has 0 aliphatic carbocycles. The number of amidine groups is 2. The molecule has 25 heavy (non-hydrogen) atoms. The number of pyridine rings is 1. The first-order valence-corrected chi connectivity index (χ1v) is 9.80. The van der Waals surface area contributed by atoms with Crippen LogP contribution in [0.2, 0.25) is 0 Å². The lowest BCUT2D eigenvalue weighted by atomic mass is 10.0. The van der Waals surface area contributed by atoms with Gasteiger partial charge in [0.1, 0.15) is 16.5 Å². The fourth-order valence-electron chi connectivity index (χ4n) is 3.50. The van der Waals surface area contributed by atoms with Crippen LogP contribution >= 0.6 is 27.3 Å². The summed E-state index contributed by atoms with van der Waals surface area (Å²) < 4.78 is 1.08. The number of rotatable bonds is 1. The molecule has 0 N–H and O–H groups in total. The van der Waals surface area contributed by atoms with Crippen molar-refractivity contribution in [2.24, 2.45) is 9.98 Å². The molecule has 0 bridgehead atoms. The van der Waals surface area contributed by atoms with Gasteiger partial charge in [0.25, 0.3) is 0 Å². The average molecular weight is 411 g/mol. The van der Waals surface area contributed by atoms with E-state index in [2.05, 4.69) is 65.0 Å². The van der Waals surface area contributed by atoms with E-state index in [0.29, 0.717) is 0 Å². The highest BCUT2D eigenvalue weighted by Gasteiger charge is 2.31. The Morgan fingerprint density at radius 1 is 1.16 bits per heavy atom. The van der Waals surface area contributed by atoms with Crippen molar-refractivity contribution in [1.82, 2.24) is 9.88 Å². The van der Waals surface area contributed by atoms with E-state index in [9.17, 15) is 0 Å². The lowest BCUT2D eigenvalue weighted by Gasteiger charge is -2.23. The summed E-state index contributed by atoms with van der Waals surface area (Å²) in [6.07, 6.45) is 0. The van der Waals surface area contributed by atoms with Crippen molar-refractivity contribution in [3.63, 3.8) is 0 Å². The molecule has 0 unspecified atom stereocenters. The fourth-order valence-corrected chi connectivity index (χ4v) is 4.97. The van der Waals surface area contributed by atoms with Gasteiger partial charge in [0.2, 0.25) is 0 Å². The van der Waals surface area contributed by atoms with Crippen LogP contribution in [0.25, 0.3) is 21.3 Å². The van der Waals surface area contributed by atoms with Crippen LogP contribution in [0.1, 0.15) is 17.5 Å². The lowest BCUT2D eigenvalue weighted by molar-refractivity contribution is 0.659. The van der Waals surface area contributed by atoms with Gasteiger partial charge < -0.3 is 4.90 Å². The highest BCUT2D eigenvalue weighted by molar-refractivity contribution is 9.10. The number of halogens is 1. The second kappa shape index (κ2) is 5.47. The Balaban J connectivity index is 1.85. The molecule has 3 aromatic rings. The van der Waals surface area contributed by atoms with Crippen molar-refractivity contribution in [2.75, 3.05) is 13.1 Å². The van der Waals surface area contributed by atoms with Gasteiger partial charge >= 0.3 is 0 Å². The molecule has 4 heterocycles. The summed E-state index contributed by atoms with van der Waals surface area (Å²) in [6.45, 7) is 5.87. The van der Waals surface area contributed by atoms with Crippen molar-refractivity contribution < 1.29 is 0 Å². The summed E-state index contributed by atoms with van der Waals surface area (Å²) in [6, 6.07) is 10.6. The summed E-state index contributed by atoms with van der Waals surface area (Å²) in [5, 5.41) is 1.14. The fraction of sp³-hybridized carbons (Fsp3) is 0.211. The molecule has 0 spiro atoms. The smallest absolute Gasteiger partial charge is 0.149 e. The van der Waals surface area contributed by atoms with E-state index in [1.54, 1.807) is 11.3 Å². The zero-order chi connectivity index (χ0) is 17.1. The van der Waals surface area contributed by atoms with Gasteiger partial charge in [0, 0.05) is 22.1 Å². The summed E-state index contributed by atoms with van der Waals surface area (Å²) in [5.41, 5.74) is 4.42. The van der Waals surface area contributed by atoms with E-state index >= 15 is 0 Å². The van der Waals surface area contributed by atoms with E-state index in [1.807, 2.05) is 0 Å². The molecule has 0 saturated carbocycles. The van der Waals surface area contributed by atoms with Gasteiger partial charge in [-0.15, -0.1) is 11.3 Å². The number of hydrogen-bond donors (Lipinski definition) is 0. The molecule has 0 radical (unpaired) electrons. The van der Waals surface area contributed by atoms with Crippen LogP contribution in [0.3, 0.4) is 0 Å². The molecular formula is C19H15BrN4S. The molecule has 124 valence electrons. The summed E-state index contributed by atoms with van der Waals surface area (Å²) in [5.74, 6) is 2.08. The van der Waals surface area contributed by atoms with Crippen molar-refractivity contribution in [1.29, 1.82) is 0 Å². The van der Waals surface area contributed by atoms with Gasteiger partial charge in [-0.3, -0.25) is 4.99 Å². The topological polar surface area (TPSA) is 40.9 Å². The number of nitrogens with zero attached hydrogens (tertiary/aromatic N) is 4. The number of fused-ring (bicyclic) bond motifs is 5. The normalized spacial score (nSPS) is 15.9. The Kier molecular flexibility index (Phi) is 3.33. The number of aromatic nitrogens is 1. The number of hydrogen-bond acceptors (Lipinski definition) is 5. The second-order valence-corrected chi connectivity index (χ2v) is 8.21. The molecule has 2 aliphatic rings. The predicted molar refractivity (Wildman–Crippen MR) is 108 cm³/mol. The molecule has 2 aliphatic heterocycles. The minimum Gasteiger partial charge on any atom is -0.312 e. The van der Waals surface area contributed by atoms with Gasteiger partial charge in [-0.05, 0) is 43.2 Å². The van der Waals surface area contributed by atoms with Gasteiger partial charge in [0.05, 0.1) is 17.1 Å². The van der Waals surface area contributed by atoms with Crippen LogP contribution in [-0.2, 0) is 0 Å². The molecule has 2 aromatic heterocycles. The molecule has 0 atom stereocenters. The zero-order valence-electron chi connectivity index (χ0n) is 13.9. The summed E-state index contributed by atoms with van der Waals surface area (Å²) in [4.78, 5) is 18.8. The SMILES string of the molecule is CC1=Nc2c(sc3nc(C)cc(-c4ccc(Br)cc4)c23)C2=NCCN12. The van der Waals surface area contributed by atoms with Crippen molar-refractivity contribution in [2.45, 2.75) is 13.8 Å². The minimum absolute atomic E-state index is 0.835. The molecule has 4 nitrogen and oxygen atoms in total. The van der Waals surface area contributed by atoms with Gasteiger partial charge in [0.15, 0.2) is 0 Å². The van der Waals surface area contributed by atoms with E-state index in [1.165, 1.54) is 11.1 Å². The maximum Gasteiger partial charge on any atom is 0.149 e. The molecule has 6 heteroatoms. The number of aryl methyl sites for hydroxylation is 1. The first-order chi connectivity index (χ1) is 12.1. The van der Waals surface area contributed by atoms with E-state index in [4.69, 9.17) is 15.0 Å². The number of thiophene rings is 1. The van der Waals surface area contributed by atoms with Crippen LogP contribution in [0.4, 0.5) is 5.69 Å². The summed E-state index contributed by atoms with van der Waals surface area (Å²) in [7, 11) is 0. The Bertz CT molecular complexity index is 1080. The highest BCUT2D eigenvalue weighted by atomic mass is 79.9. The molecule has 0 amide bonds. The second-order valence-electron chi connectivity index (χ2n) is 6.29. The predicted octanol–water partition coefficient (Wildman–Crippen LogP) is 5.16. The molecular weight excluding hydrogens is 396 g/mol. The third-order valence-corrected chi connectivity index (χ3v) is 6.23. The Morgan fingerprint density at radius 2 is 1.96 bits per heavy atom. The van der Waals surface area contributed by atoms with E-state index < -0.39 is 0 Å². The van der Waals surface area contributed by atoms with Gasteiger partial charge in [-0.1, -0.05) is 28.1 Å². The van der Waals surface area contributed by atoms with Crippen LogP contribution in [0.5, 0.6) is 0 Å². The molecule has 5 rings (SSSR count). The first kappa shape index (κ1) is 15.2. The maximum absolute atomic E-state index is 4.93. The monoisotopic (exact) mass is 410 g/mol. The highest BCUT2D eigenvalue weighted by Crippen LogP contribution is 2.45. The van der Waals surface area contributed by atoms with E-state index in [0.717, 1.165) is 55.7 Å². The van der Waals surface area contributed by atoms with Crippen LogP contribution < -0.4 is 0 Å². The zero-order valence-corrected chi connectivity index (χ0v) is 16.3.